The number of benzene rings is 1. The Morgan fingerprint density at radius 1 is 1.00 bits per heavy atom. The van der Waals surface area contributed by atoms with Gasteiger partial charge in [-0.15, -0.1) is 0 Å². The van der Waals surface area contributed by atoms with Crippen LogP contribution in [0.25, 0.3) is 10.9 Å². The van der Waals surface area contributed by atoms with Crippen LogP contribution in [0.4, 0.5) is 20.6 Å². The molecule has 3 aromatic rings. The number of urea groups is 1. The van der Waals surface area contributed by atoms with Gasteiger partial charge >= 0.3 is 6.03 Å². The van der Waals surface area contributed by atoms with Crippen molar-refractivity contribution in [1.82, 2.24) is 9.97 Å². The van der Waals surface area contributed by atoms with Gasteiger partial charge in [-0.25, -0.2) is 9.78 Å². The van der Waals surface area contributed by atoms with Crippen molar-refractivity contribution in [3.63, 3.8) is 0 Å². The van der Waals surface area contributed by atoms with Crippen molar-refractivity contribution < 1.29 is 9.18 Å². The molecular formula is C15H11FN4O. The molecule has 2 amide bonds. The molecule has 0 aliphatic carbocycles. The molecule has 0 bridgehead atoms. The van der Waals surface area contributed by atoms with Gasteiger partial charge in [0.1, 0.15) is 5.69 Å². The van der Waals surface area contributed by atoms with Crippen LogP contribution < -0.4 is 10.6 Å². The van der Waals surface area contributed by atoms with Gasteiger partial charge in [0.15, 0.2) is 0 Å². The van der Waals surface area contributed by atoms with E-state index in [0.29, 0.717) is 16.6 Å². The van der Waals surface area contributed by atoms with Crippen molar-refractivity contribution in [1.29, 1.82) is 0 Å². The monoisotopic (exact) mass is 282 g/mol. The molecule has 0 aliphatic rings. The van der Waals surface area contributed by atoms with Crippen LogP contribution in [-0.2, 0) is 0 Å². The summed E-state index contributed by atoms with van der Waals surface area (Å²) >= 11 is 0. The highest BCUT2D eigenvalue weighted by Crippen LogP contribution is 2.23. The summed E-state index contributed by atoms with van der Waals surface area (Å²) in [4.78, 5) is 19.6. The Morgan fingerprint density at radius 2 is 1.81 bits per heavy atom. The van der Waals surface area contributed by atoms with Crippen LogP contribution in [-0.4, -0.2) is 16.0 Å². The van der Waals surface area contributed by atoms with E-state index in [-0.39, 0.29) is 5.69 Å². The van der Waals surface area contributed by atoms with Crippen molar-refractivity contribution in [3.05, 3.63) is 60.8 Å². The summed E-state index contributed by atoms with van der Waals surface area (Å²) < 4.78 is 13.8. The van der Waals surface area contributed by atoms with Crippen LogP contribution in [0.3, 0.4) is 0 Å². The van der Waals surface area contributed by atoms with E-state index in [2.05, 4.69) is 20.6 Å². The van der Waals surface area contributed by atoms with Gasteiger partial charge in [0, 0.05) is 17.3 Å². The van der Waals surface area contributed by atoms with E-state index >= 15 is 0 Å². The smallest absolute Gasteiger partial charge is 0.308 e. The molecular weight excluding hydrogens is 271 g/mol. The predicted octanol–water partition coefficient (Wildman–Crippen LogP) is 3.41. The zero-order valence-electron chi connectivity index (χ0n) is 10.9. The molecule has 2 heterocycles. The third-order valence-electron chi connectivity index (χ3n) is 2.88. The quantitative estimate of drug-likeness (QED) is 0.708. The number of pyridine rings is 2. The van der Waals surface area contributed by atoms with Crippen LogP contribution in [0, 0.1) is 5.95 Å². The van der Waals surface area contributed by atoms with Crippen LogP contribution in [0.5, 0.6) is 0 Å². The molecule has 0 saturated carbocycles. The zero-order chi connectivity index (χ0) is 14.7. The number of anilines is 2. The van der Waals surface area contributed by atoms with Crippen molar-refractivity contribution in [2.45, 2.75) is 0 Å². The summed E-state index contributed by atoms with van der Waals surface area (Å²) in [6.07, 6.45) is 2.90. The van der Waals surface area contributed by atoms with Gasteiger partial charge < -0.3 is 10.6 Å². The van der Waals surface area contributed by atoms with E-state index < -0.39 is 12.0 Å². The van der Waals surface area contributed by atoms with Gasteiger partial charge in [0.05, 0.1) is 11.7 Å². The number of nitrogens with zero attached hydrogens (tertiary/aromatic N) is 2. The van der Waals surface area contributed by atoms with Gasteiger partial charge in [-0.3, -0.25) is 4.98 Å². The molecule has 2 N–H and O–H groups in total. The fraction of sp³-hybridized carbons (Fsp3) is 0. The minimum atomic E-state index is -0.751. The third kappa shape index (κ3) is 2.79. The number of carbonyl (C=O) groups is 1. The minimum absolute atomic E-state index is 0.00836. The average Bonchev–Trinajstić information content (AvgIpc) is 2.51. The highest BCUT2D eigenvalue weighted by Gasteiger charge is 2.12. The summed E-state index contributed by atoms with van der Waals surface area (Å²) in [7, 11) is 0. The lowest BCUT2D eigenvalue weighted by molar-refractivity contribution is 0.262. The first-order valence-electron chi connectivity index (χ1n) is 6.26. The summed E-state index contributed by atoms with van der Waals surface area (Å²) in [6, 6.07) is 11.7. The Kier molecular flexibility index (Phi) is 3.42. The summed E-state index contributed by atoms with van der Waals surface area (Å²) in [5, 5.41) is 5.59. The van der Waals surface area contributed by atoms with Crippen molar-refractivity contribution in [2.24, 2.45) is 0 Å². The number of fused-ring (bicyclic) bond motifs is 1. The summed E-state index contributed by atoms with van der Waals surface area (Å²) in [6.45, 7) is 0. The van der Waals surface area contributed by atoms with Gasteiger partial charge in [-0.1, -0.05) is 18.2 Å². The van der Waals surface area contributed by atoms with E-state index in [0.717, 1.165) is 0 Å². The van der Waals surface area contributed by atoms with Crippen molar-refractivity contribution in [3.8, 4) is 0 Å². The van der Waals surface area contributed by atoms with E-state index in [1.165, 1.54) is 6.20 Å². The minimum Gasteiger partial charge on any atom is -0.308 e. The Hall–Kier alpha value is -3.02. The fourth-order valence-corrected chi connectivity index (χ4v) is 1.94. The Balaban J connectivity index is 1.88. The van der Waals surface area contributed by atoms with Gasteiger partial charge in [0.2, 0.25) is 5.95 Å². The average molecular weight is 282 g/mol. The number of para-hydroxylation sites is 1. The van der Waals surface area contributed by atoms with E-state index in [9.17, 15) is 9.18 Å². The Bertz CT molecular complexity index is 792. The second-order valence-corrected chi connectivity index (χ2v) is 4.31. The lowest BCUT2D eigenvalue weighted by atomic mass is 10.2. The van der Waals surface area contributed by atoms with Crippen molar-refractivity contribution in [2.75, 3.05) is 10.6 Å². The Morgan fingerprint density at radius 3 is 2.62 bits per heavy atom. The molecule has 2 aromatic heterocycles. The van der Waals surface area contributed by atoms with Gasteiger partial charge in [0.25, 0.3) is 0 Å². The first kappa shape index (κ1) is 13.0. The van der Waals surface area contributed by atoms with Crippen LogP contribution in [0.1, 0.15) is 0 Å². The van der Waals surface area contributed by atoms with E-state index in [1.54, 1.807) is 42.6 Å². The summed E-state index contributed by atoms with van der Waals surface area (Å²) in [5.41, 5.74) is 1.13. The molecule has 6 heteroatoms. The Labute approximate surface area is 119 Å². The highest BCUT2D eigenvalue weighted by molar-refractivity contribution is 6.05. The van der Waals surface area contributed by atoms with E-state index in [1.807, 2.05) is 6.07 Å². The first-order valence-corrected chi connectivity index (χ1v) is 6.26. The molecule has 0 radical (unpaired) electrons. The predicted molar refractivity (Wildman–Crippen MR) is 78.6 cm³/mol. The summed E-state index contributed by atoms with van der Waals surface area (Å²) in [5.74, 6) is -0.751. The normalized spacial score (nSPS) is 10.3. The second-order valence-electron chi connectivity index (χ2n) is 4.31. The number of hydrogen-bond donors (Lipinski definition) is 2. The molecule has 0 fully saturated rings. The van der Waals surface area contributed by atoms with E-state index in [4.69, 9.17) is 0 Å². The second kappa shape index (κ2) is 5.54. The molecule has 0 spiro atoms. The maximum absolute atomic E-state index is 13.8. The molecule has 5 nitrogen and oxygen atoms in total. The fourth-order valence-electron chi connectivity index (χ4n) is 1.94. The number of aromatic nitrogens is 2. The van der Waals surface area contributed by atoms with Crippen LogP contribution >= 0.6 is 0 Å². The largest absolute Gasteiger partial charge is 0.323 e. The van der Waals surface area contributed by atoms with Crippen LogP contribution in [0.15, 0.2) is 54.9 Å². The standard InChI is InChI=1S/C15H11FN4O/c16-14-13(11-7-4-8-17-12(11)9-18-14)20-15(21)19-10-5-2-1-3-6-10/h1-9H,(H2,19,20,21). The molecule has 3 rings (SSSR count). The molecule has 21 heavy (non-hydrogen) atoms. The number of rotatable bonds is 2. The topological polar surface area (TPSA) is 66.9 Å². The SMILES string of the molecule is O=C(Nc1ccccc1)Nc1c(F)ncc2ncccc12. The number of halogens is 1. The molecule has 0 atom stereocenters. The maximum Gasteiger partial charge on any atom is 0.323 e. The number of amides is 2. The third-order valence-corrected chi connectivity index (χ3v) is 2.88. The molecule has 0 saturated heterocycles. The van der Waals surface area contributed by atoms with Crippen LogP contribution in [0.2, 0.25) is 0 Å². The molecule has 1 aromatic carbocycles. The first-order chi connectivity index (χ1) is 10.2. The lowest BCUT2D eigenvalue weighted by Gasteiger charge is -2.10. The maximum atomic E-state index is 13.8. The molecule has 0 unspecified atom stereocenters. The molecule has 0 aliphatic heterocycles. The van der Waals surface area contributed by atoms with Gasteiger partial charge in [-0.05, 0) is 24.3 Å². The highest BCUT2D eigenvalue weighted by atomic mass is 19.1. The lowest BCUT2D eigenvalue weighted by Crippen LogP contribution is -2.20. The number of nitrogens with one attached hydrogen (secondary N) is 2. The molecule has 104 valence electrons. The van der Waals surface area contributed by atoms with Gasteiger partial charge in [-0.2, -0.15) is 4.39 Å². The number of carbonyl (C=O) groups excluding carboxylic acids is 1. The number of hydrogen-bond acceptors (Lipinski definition) is 3. The van der Waals surface area contributed by atoms with Crippen molar-refractivity contribution >= 4 is 28.3 Å². The zero-order valence-corrected chi connectivity index (χ0v) is 10.9.